The average molecular weight is 248 g/mol. The Morgan fingerprint density at radius 2 is 1.94 bits per heavy atom. The van der Waals surface area contributed by atoms with Crippen molar-refractivity contribution < 1.29 is 0 Å². The minimum Gasteiger partial charge on any atom is -0.373 e. The maximum atomic E-state index is 4.37. The van der Waals surface area contributed by atoms with E-state index in [0.29, 0.717) is 11.5 Å². The number of aromatic nitrogens is 2. The molecule has 1 N–H and O–H groups in total. The molecular formula is C14H24N4. The molecule has 0 bridgehead atoms. The van der Waals surface area contributed by atoms with Gasteiger partial charge in [-0.15, -0.1) is 0 Å². The van der Waals surface area contributed by atoms with Gasteiger partial charge in [-0.2, -0.15) is 0 Å². The third-order valence-electron chi connectivity index (χ3n) is 4.13. The topological polar surface area (TPSA) is 41.0 Å². The van der Waals surface area contributed by atoms with Crippen LogP contribution in [0.3, 0.4) is 0 Å². The summed E-state index contributed by atoms with van der Waals surface area (Å²) in [6.07, 6.45) is 6.73. The van der Waals surface area contributed by atoms with Crippen molar-refractivity contribution in [2.45, 2.75) is 45.6 Å². The molecule has 1 saturated carbocycles. The first-order valence-electron chi connectivity index (χ1n) is 6.74. The summed E-state index contributed by atoms with van der Waals surface area (Å²) in [5, 5.41) is 3.06. The van der Waals surface area contributed by atoms with Crippen LogP contribution in [0.25, 0.3) is 0 Å². The Balaban J connectivity index is 2.05. The van der Waals surface area contributed by atoms with E-state index in [1.54, 1.807) is 6.33 Å². The van der Waals surface area contributed by atoms with Gasteiger partial charge in [-0.3, -0.25) is 0 Å². The molecule has 4 heteroatoms. The van der Waals surface area contributed by atoms with E-state index in [4.69, 9.17) is 0 Å². The highest BCUT2D eigenvalue weighted by atomic mass is 15.2. The predicted molar refractivity (Wildman–Crippen MR) is 76.0 cm³/mol. The van der Waals surface area contributed by atoms with Gasteiger partial charge in [0.25, 0.3) is 0 Å². The lowest BCUT2D eigenvalue weighted by Gasteiger charge is -2.39. The summed E-state index contributed by atoms with van der Waals surface area (Å²) in [6, 6.07) is 2.62. The van der Waals surface area contributed by atoms with Gasteiger partial charge in [-0.1, -0.05) is 13.8 Å². The highest BCUT2D eigenvalue weighted by Gasteiger charge is 2.29. The number of rotatable bonds is 3. The second kappa shape index (κ2) is 5.12. The van der Waals surface area contributed by atoms with Crippen molar-refractivity contribution in [3.05, 3.63) is 12.4 Å². The molecule has 1 aliphatic carbocycles. The minimum atomic E-state index is 0.513. The van der Waals surface area contributed by atoms with E-state index in [1.807, 2.05) is 13.1 Å². The standard InChI is InChI=1S/C14H24N4/c1-14(2)7-5-11(6-8-14)18(4)13-9-12(15-3)16-10-17-13/h9-11H,5-8H2,1-4H3,(H,15,16,17). The first kappa shape index (κ1) is 13.1. The van der Waals surface area contributed by atoms with Crippen LogP contribution in [0, 0.1) is 5.41 Å². The monoisotopic (exact) mass is 248 g/mol. The molecule has 0 atom stereocenters. The van der Waals surface area contributed by atoms with Crippen LogP contribution in [0.15, 0.2) is 12.4 Å². The quantitative estimate of drug-likeness (QED) is 0.893. The third kappa shape index (κ3) is 2.92. The summed E-state index contributed by atoms with van der Waals surface area (Å²) in [5.41, 5.74) is 0.513. The molecule has 0 radical (unpaired) electrons. The fourth-order valence-electron chi connectivity index (χ4n) is 2.64. The van der Waals surface area contributed by atoms with Gasteiger partial charge in [0.05, 0.1) is 0 Å². The van der Waals surface area contributed by atoms with Crippen LogP contribution < -0.4 is 10.2 Å². The first-order chi connectivity index (χ1) is 8.52. The molecule has 1 aromatic heterocycles. The van der Waals surface area contributed by atoms with Crippen molar-refractivity contribution in [1.29, 1.82) is 0 Å². The molecule has 0 aromatic carbocycles. The van der Waals surface area contributed by atoms with Gasteiger partial charge in [-0.05, 0) is 31.1 Å². The van der Waals surface area contributed by atoms with Crippen LogP contribution in [0.1, 0.15) is 39.5 Å². The summed E-state index contributed by atoms with van der Waals surface area (Å²) in [5.74, 6) is 1.89. The predicted octanol–water partition coefficient (Wildman–Crippen LogP) is 2.92. The highest BCUT2D eigenvalue weighted by Crippen LogP contribution is 2.37. The van der Waals surface area contributed by atoms with Crippen molar-refractivity contribution in [3.63, 3.8) is 0 Å². The number of hydrogen-bond donors (Lipinski definition) is 1. The molecule has 1 heterocycles. The van der Waals surface area contributed by atoms with Gasteiger partial charge in [0, 0.05) is 26.2 Å². The molecule has 0 amide bonds. The van der Waals surface area contributed by atoms with E-state index < -0.39 is 0 Å². The van der Waals surface area contributed by atoms with Crippen LogP contribution in [0.5, 0.6) is 0 Å². The molecule has 0 spiro atoms. The minimum absolute atomic E-state index is 0.513. The number of hydrogen-bond acceptors (Lipinski definition) is 4. The molecule has 2 rings (SSSR count). The Hall–Kier alpha value is -1.32. The zero-order valence-electron chi connectivity index (χ0n) is 11.9. The zero-order valence-corrected chi connectivity index (χ0v) is 11.9. The molecule has 18 heavy (non-hydrogen) atoms. The van der Waals surface area contributed by atoms with E-state index in [9.17, 15) is 0 Å². The van der Waals surface area contributed by atoms with E-state index >= 15 is 0 Å². The van der Waals surface area contributed by atoms with Crippen LogP contribution in [-0.4, -0.2) is 30.1 Å². The second-order valence-electron chi connectivity index (χ2n) is 6.02. The molecule has 1 fully saturated rings. The summed E-state index contributed by atoms with van der Waals surface area (Å²) in [4.78, 5) is 10.8. The van der Waals surface area contributed by atoms with Crippen molar-refractivity contribution in [2.75, 3.05) is 24.3 Å². The Morgan fingerprint density at radius 3 is 2.56 bits per heavy atom. The zero-order chi connectivity index (χ0) is 13.2. The van der Waals surface area contributed by atoms with Crippen molar-refractivity contribution in [1.82, 2.24) is 9.97 Å². The van der Waals surface area contributed by atoms with Crippen molar-refractivity contribution in [3.8, 4) is 0 Å². The van der Waals surface area contributed by atoms with Crippen molar-refractivity contribution in [2.24, 2.45) is 5.41 Å². The molecule has 4 nitrogen and oxygen atoms in total. The lowest BCUT2D eigenvalue weighted by atomic mass is 9.75. The van der Waals surface area contributed by atoms with Gasteiger partial charge in [-0.25, -0.2) is 9.97 Å². The lowest BCUT2D eigenvalue weighted by Crippen LogP contribution is -2.37. The van der Waals surface area contributed by atoms with E-state index in [2.05, 4.69) is 41.1 Å². The van der Waals surface area contributed by atoms with Gasteiger partial charge in [0.1, 0.15) is 18.0 Å². The van der Waals surface area contributed by atoms with Gasteiger partial charge in [0.2, 0.25) is 0 Å². The van der Waals surface area contributed by atoms with Gasteiger partial charge >= 0.3 is 0 Å². The molecule has 1 aliphatic rings. The van der Waals surface area contributed by atoms with Crippen LogP contribution in [0.4, 0.5) is 11.6 Å². The average Bonchev–Trinajstić information content (AvgIpc) is 2.38. The van der Waals surface area contributed by atoms with E-state index in [0.717, 1.165) is 11.6 Å². The van der Waals surface area contributed by atoms with Gasteiger partial charge < -0.3 is 10.2 Å². The Kier molecular flexibility index (Phi) is 3.73. The van der Waals surface area contributed by atoms with E-state index in [-0.39, 0.29) is 0 Å². The number of nitrogens with one attached hydrogen (secondary N) is 1. The number of anilines is 2. The smallest absolute Gasteiger partial charge is 0.134 e. The summed E-state index contributed by atoms with van der Waals surface area (Å²) < 4.78 is 0. The Bertz CT molecular complexity index is 393. The molecule has 100 valence electrons. The van der Waals surface area contributed by atoms with Gasteiger partial charge in [0.15, 0.2) is 0 Å². The molecule has 1 aromatic rings. The largest absolute Gasteiger partial charge is 0.373 e. The normalized spacial score (nSPS) is 19.6. The maximum absolute atomic E-state index is 4.37. The first-order valence-corrected chi connectivity index (χ1v) is 6.74. The van der Waals surface area contributed by atoms with Crippen LogP contribution >= 0.6 is 0 Å². The lowest BCUT2D eigenvalue weighted by molar-refractivity contribution is 0.222. The SMILES string of the molecule is CNc1cc(N(C)C2CCC(C)(C)CC2)ncn1. The summed E-state index contributed by atoms with van der Waals surface area (Å²) in [7, 11) is 4.03. The fourth-order valence-corrected chi connectivity index (χ4v) is 2.64. The summed E-state index contributed by atoms with van der Waals surface area (Å²) >= 11 is 0. The molecular weight excluding hydrogens is 224 g/mol. The maximum Gasteiger partial charge on any atom is 0.134 e. The second-order valence-corrected chi connectivity index (χ2v) is 6.02. The molecule has 0 aliphatic heterocycles. The van der Waals surface area contributed by atoms with E-state index in [1.165, 1.54) is 25.7 Å². The fraction of sp³-hybridized carbons (Fsp3) is 0.714. The number of nitrogens with zero attached hydrogens (tertiary/aromatic N) is 3. The van der Waals surface area contributed by atoms with Crippen LogP contribution in [-0.2, 0) is 0 Å². The Morgan fingerprint density at radius 1 is 1.28 bits per heavy atom. The van der Waals surface area contributed by atoms with Crippen LogP contribution in [0.2, 0.25) is 0 Å². The Labute approximate surface area is 110 Å². The van der Waals surface area contributed by atoms with Crippen molar-refractivity contribution >= 4 is 11.6 Å². The molecule has 0 saturated heterocycles. The third-order valence-corrected chi connectivity index (χ3v) is 4.13. The molecule has 0 unspecified atom stereocenters. The summed E-state index contributed by atoms with van der Waals surface area (Å²) in [6.45, 7) is 4.74. The highest BCUT2D eigenvalue weighted by molar-refractivity contribution is 5.48.